The summed E-state index contributed by atoms with van der Waals surface area (Å²) >= 11 is 0. The lowest BCUT2D eigenvalue weighted by Gasteiger charge is -2.33. The molecular formula is C17H29N3O4. The van der Waals surface area contributed by atoms with Crippen LogP contribution in [0.5, 0.6) is 0 Å². The molecule has 2 rings (SSSR count). The molecule has 2 fully saturated rings. The molecule has 2 aliphatic rings. The number of likely N-dealkylation sites (tertiary alicyclic amines) is 2. The number of carbonyl (C=O) groups is 3. The van der Waals surface area contributed by atoms with E-state index in [2.05, 4.69) is 19.2 Å². The highest BCUT2D eigenvalue weighted by atomic mass is 16.4. The molecule has 2 saturated heterocycles. The van der Waals surface area contributed by atoms with Crippen molar-refractivity contribution in [2.24, 2.45) is 17.8 Å². The summed E-state index contributed by atoms with van der Waals surface area (Å²) in [4.78, 5) is 39.0. The number of nitrogens with zero attached hydrogens (tertiary/aromatic N) is 2. The van der Waals surface area contributed by atoms with Crippen molar-refractivity contribution >= 4 is 17.9 Å². The van der Waals surface area contributed by atoms with Crippen molar-refractivity contribution < 1.29 is 19.5 Å². The molecule has 2 aliphatic heterocycles. The molecule has 7 nitrogen and oxygen atoms in total. The number of hydrogen-bond donors (Lipinski definition) is 2. The van der Waals surface area contributed by atoms with Gasteiger partial charge in [-0.15, -0.1) is 0 Å². The number of carboxylic acid groups (broad SMARTS) is 1. The fraction of sp³-hybridized carbons (Fsp3) is 0.824. The third-order valence-corrected chi connectivity index (χ3v) is 4.82. The van der Waals surface area contributed by atoms with E-state index in [0.717, 1.165) is 19.4 Å². The number of nitrogens with one attached hydrogen (secondary N) is 1. The first-order valence-corrected chi connectivity index (χ1v) is 8.90. The van der Waals surface area contributed by atoms with Crippen molar-refractivity contribution in [2.75, 3.05) is 32.7 Å². The van der Waals surface area contributed by atoms with Gasteiger partial charge in [-0.1, -0.05) is 13.8 Å². The van der Waals surface area contributed by atoms with E-state index in [-0.39, 0.29) is 17.9 Å². The molecule has 2 heterocycles. The van der Waals surface area contributed by atoms with Crippen LogP contribution in [0, 0.1) is 17.8 Å². The van der Waals surface area contributed by atoms with E-state index < -0.39 is 11.9 Å². The van der Waals surface area contributed by atoms with E-state index in [9.17, 15) is 14.4 Å². The third kappa shape index (κ3) is 5.11. The van der Waals surface area contributed by atoms with Crippen molar-refractivity contribution in [1.29, 1.82) is 0 Å². The largest absolute Gasteiger partial charge is 0.481 e. The first-order valence-electron chi connectivity index (χ1n) is 8.90. The number of amides is 3. The second-order valence-corrected chi connectivity index (χ2v) is 7.40. The van der Waals surface area contributed by atoms with Crippen LogP contribution in [0.3, 0.4) is 0 Å². The highest BCUT2D eigenvalue weighted by Gasteiger charge is 2.33. The van der Waals surface area contributed by atoms with Crippen molar-refractivity contribution in [2.45, 2.75) is 39.5 Å². The minimum atomic E-state index is -0.823. The lowest BCUT2D eigenvalue weighted by Crippen LogP contribution is -2.47. The highest BCUT2D eigenvalue weighted by Crippen LogP contribution is 2.23. The molecular weight excluding hydrogens is 310 g/mol. The molecule has 0 saturated carbocycles. The second kappa shape index (κ2) is 8.35. The Hall–Kier alpha value is -1.79. The van der Waals surface area contributed by atoms with Crippen LogP contribution in [-0.2, 0) is 9.59 Å². The Bertz CT molecular complexity index is 480. The zero-order chi connectivity index (χ0) is 17.7. The molecule has 0 bridgehead atoms. The van der Waals surface area contributed by atoms with E-state index >= 15 is 0 Å². The molecule has 0 aromatic rings. The Morgan fingerprint density at radius 3 is 2.50 bits per heavy atom. The number of carboxylic acids is 1. The first kappa shape index (κ1) is 18.5. The van der Waals surface area contributed by atoms with Crippen LogP contribution in [-0.4, -0.2) is 65.5 Å². The lowest BCUT2D eigenvalue weighted by atomic mass is 9.94. The minimum absolute atomic E-state index is 0.0215. The van der Waals surface area contributed by atoms with Gasteiger partial charge in [-0.05, 0) is 31.1 Å². The smallest absolute Gasteiger partial charge is 0.317 e. The number of urea groups is 1. The Labute approximate surface area is 143 Å². The standard InChI is InChI=1S/C17H29N3O4/c1-12(2)9-18-17(24)20-6-3-4-13(10-20)8-15(21)19-7-5-14(11-19)16(22)23/h12-14H,3-11H2,1-2H3,(H,18,24)(H,22,23). The number of hydrogen-bond acceptors (Lipinski definition) is 3. The van der Waals surface area contributed by atoms with Crippen LogP contribution in [0.25, 0.3) is 0 Å². The van der Waals surface area contributed by atoms with Gasteiger partial charge in [0.2, 0.25) is 5.91 Å². The van der Waals surface area contributed by atoms with Gasteiger partial charge < -0.3 is 20.2 Å². The van der Waals surface area contributed by atoms with Gasteiger partial charge in [0.05, 0.1) is 5.92 Å². The van der Waals surface area contributed by atoms with E-state index in [1.54, 1.807) is 9.80 Å². The van der Waals surface area contributed by atoms with Crippen LogP contribution in [0.1, 0.15) is 39.5 Å². The summed E-state index contributed by atoms with van der Waals surface area (Å²) < 4.78 is 0. The van der Waals surface area contributed by atoms with Crippen molar-refractivity contribution in [3.05, 3.63) is 0 Å². The van der Waals surface area contributed by atoms with Gasteiger partial charge in [-0.3, -0.25) is 9.59 Å². The fourth-order valence-corrected chi connectivity index (χ4v) is 3.38. The lowest BCUT2D eigenvalue weighted by molar-refractivity contribution is -0.141. The number of aliphatic carboxylic acids is 1. The number of rotatable bonds is 5. The summed E-state index contributed by atoms with van der Waals surface area (Å²) in [7, 11) is 0. The van der Waals surface area contributed by atoms with Gasteiger partial charge in [0.15, 0.2) is 0 Å². The Morgan fingerprint density at radius 2 is 1.88 bits per heavy atom. The summed E-state index contributed by atoms with van der Waals surface area (Å²) in [6.45, 7) is 6.95. The summed E-state index contributed by atoms with van der Waals surface area (Å²) in [6, 6.07) is -0.0482. The normalized spacial score (nSPS) is 24.3. The SMILES string of the molecule is CC(C)CNC(=O)N1CCCC(CC(=O)N2CCC(C(=O)O)C2)C1. The summed E-state index contributed by atoms with van der Waals surface area (Å²) in [5.74, 6) is -0.656. The Balaban J connectivity index is 1.79. The summed E-state index contributed by atoms with van der Waals surface area (Å²) in [6.07, 6.45) is 2.79. The van der Waals surface area contributed by atoms with Gasteiger partial charge in [-0.25, -0.2) is 4.79 Å². The van der Waals surface area contributed by atoms with Crippen molar-refractivity contribution in [3.63, 3.8) is 0 Å². The molecule has 2 N–H and O–H groups in total. The van der Waals surface area contributed by atoms with E-state index in [0.29, 0.717) is 44.9 Å². The average Bonchev–Trinajstić information content (AvgIpc) is 3.03. The first-order chi connectivity index (χ1) is 11.4. The predicted molar refractivity (Wildman–Crippen MR) is 89.5 cm³/mol. The maximum Gasteiger partial charge on any atom is 0.317 e. The topological polar surface area (TPSA) is 90.0 Å². The molecule has 2 atom stereocenters. The number of carbonyl (C=O) groups excluding carboxylic acids is 2. The van der Waals surface area contributed by atoms with Crippen LogP contribution >= 0.6 is 0 Å². The van der Waals surface area contributed by atoms with Crippen LogP contribution in [0.15, 0.2) is 0 Å². The van der Waals surface area contributed by atoms with Gasteiger partial charge in [0.25, 0.3) is 0 Å². The van der Waals surface area contributed by atoms with Gasteiger partial charge >= 0.3 is 12.0 Å². The number of piperidine rings is 1. The maximum atomic E-state index is 12.4. The van der Waals surface area contributed by atoms with Crippen molar-refractivity contribution in [3.8, 4) is 0 Å². The molecule has 0 aromatic heterocycles. The molecule has 0 aromatic carbocycles. The molecule has 3 amide bonds. The zero-order valence-electron chi connectivity index (χ0n) is 14.7. The second-order valence-electron chi connectivity index (χ2n) is 7.40. The van der Waals surface area contributed by atoms with E-state index in [1.807, 2.05) is 0 Å². The van der Waals surface area contributed by atoms with Crippen LogP contribution in [0.4, 0.5) is 4.79 Å². The maximum absolute atomic E-state index is 12.4. The Kier molecular flexibility index (Phi) is 6.45. The quantitative estimate of drug-likeness (QED) is 0.792. The molecule has 0 spiro atoms. The summed E-state index contributed by atoms with van der Waals surface area (Å²) in [5, 5.41) is 12.0. The Morgan fingerprint density at radius 1 is 1.12 bits per heavy atom. The summed E-state index contributed by atoms with van der Waals surface area (Å²) in [5.41, 5.74) is 0. The predicted octanol–water partition coefficient (Wildman–Crippen LogP) is 1.39. The third-order valence-electron chi connectivity index (χ3n) is 4.82. The van der Waals surface area contributed by atoms with Crippen LogP contribution in [0.2, 0.25) is 0 Å². The molecule has 0 radical (unpaired) electrons. The molecule has 7 heteroatoms. The average molecular weight is 339 g/mol. The molecule has 136 valence electrons. The van der Waals surface area contributed by atoms with E-state index in [1.165, 1.54) is 0 Å². The van der Waals surface area contributed by atoms with Gasteiger partial charge in [-0.2, -0.15) is 0 Å². The highest BCUT2D eigenvalue weighted by molar-refractivity contribution is 5.79. The minimum Gasteiger partial charge on any atom is -0.481 e. The van der Waals surface area contributed by atoms with E-state index in [4.69, 9.17) is 5.11 Å². The fourth-order valence-electron chi connectivity index (χ4n) is 3.38. The molecule has 0 aliphatic carbocycles. The van der Waals surface area contributed by atoms with Gasteiger partial charge in [0, 0.05) is 39.1 Å². The molecule has 2 unspecified atom stereocenters. The zero-order valence-corrected chi connectivity index (χ0v) is 14.7. The van der Waals surface area contributed by atoms with Gasteiger partial charge in [0.1, 0.15) is 0 Å². The van der Waals surface area contributed by atoms with Crippen LogP contribution < -0.4 is 5.32 Å². The molecule has 24 heavy (non-hydrogen) atoms. The van der Waals surface area contributed by atoms with Crippen molar-refractivity contribution in [1.82, 2.24) is 15.1 Å². The monoisotopic (exact) mass is 339 g/mol.